The molecule has 0 fully saturated rings. The summed E-state index contributed by atoms with van der Waals surface area (Å²) in [4.78, 5) is 43.8. The zero-order chi connectivity index (χ0) is 30.0. The lowest BCUT2D eigenvalue weighted by Gasteiger charge is -2.24. The van der Waals surface area contributed by atoms with Gasteiger partial charge in [-0.05, 0) is 62.7 Å². The molecule has 9 nitrogen and oxygen atoms in total. The molecule has 216 valence electrons. The number of nitrogens with zero attached hydrogens (tertiary/aromatic N) is 2. The van der Waals surface area contributed by atoms with Crippen LogP contribution in [0.5, 0.6) is 5.75 Å². The van der Waals surface area contributed by atoms with Crippen molar-refractivity contribution in [1.29, 1.82) is 0 Å². The van der Waals surface area contributed by atoms with Crippen molar-refractivity contribution in [2.75, 3.05) is 20.3 Å². The van der Waals surface area contributed by atoms with E-state index in [2.05, 4.69) is 4.99 Å². The Balaban J connectivity index is 1.57. The van der Waals surface area contributed by atoms with Gasteiger partial charge in [-0.3, -0.25) is 9.36 Å². The van der Waals surface area contributed by atoms with Gasteiger partial charge >= 0.3 is 11.9 Å². The maximum absolute atomic E-state index is 13.8. The summed E-state index contributed by atoms with van der Waals surface area (Å²) in [6.07, 6.45) is 1.64. The van der Waals surface area contributed by atoms with Crippen LogP contribution in [0.25, 0.3) is 17.4 Å². The molecule has 0 saturated carbocycles. The first-order chi connectivity index (χ1) is 20.2. The van der Waals surface area contributed by atoms with Gasteiger partial charge in [-0.25, -0.2) is 14.6 Å². The summed E-state index contributed by atoms with van der Waals surface area (Å²) in [5, 5.41) is 0.229. The molecule has 0 aliphatic carbocycles. The van der Waals surface area contributed by atoms with Gasteiger partial charge in [-0.15, -0.1) is 0 Å². The van der Waals surface area contributed by atoms with E-state index in [9.17, 15) is 14.4 Å². The summed E-state index contributed by atoms with van der Waals surface area (Å²) in [7, 11) is 1.29. The van der Waals surface area contributed by atoms with Crippen molar-refractivity contribution in [3.05, 3.63) is 107 Å². The van der Waals surface area contributed by atoms with Crippen LogP contribution >= 0.6 is 22.9 Å². The topological polar surface area (TPSA) is 109 Å². The fourth-order valence-corrected chi connectivity index (χ4v) is 5.96. The third-order valence-electron chi connectivity index (χ3n) is 6.58. The summed E-state index contributed by atoms with van der Waals surface area (Å²) in [5.74, 6) is 0.552. The summed E-state index contributed by atoms with van der Waals surface area (Å²) in [6, 6.07) is 14.9. The molecule has 0 N–H and O–H groups in total. The molecule has 1 aliphatic heterocycles. The molecule has 1 aliphatic rings. The third kappa shape index (κ3) is 5.55. The van der Waals surface area contributed by atoms with Crippen molar-refractivity contribution >= 4 is 41.0 Å². The average Bonchev–Trinajstić information content (AvgIpc) is 3.56. The molecule has 0 bridgehead atoms. The average molecular weight is 607 g/mol. The van der Waals surface area contributed by atoms with Crippen LogP contribution in [0.4, 0.5) is 0 Å². The molecule has 42 heavy (non-hydrogen) atoms. The standard InChI is InChI=1S/C31H27ClN2O7S/c1-5-39-20-10-7-18(8-11-20)27-26(30(37)40-6-2)17(3)33-31-34(27)28(35)25(42-31)16-21-12-14-24(41-21)19-9-13-22(23(32)15-19)29(36)38-4/h7-16,27H,5-6H2,1-4H3/b25-16-/t27-/m0/s1. The van der Waals surface area contributed by atoms with Crippen LogP contribution in [-0.2, 0) is 14.3 Å². The molecule has 4 aromatic rings. The highest BCUT2D eigenvalue weighted by Gasteiger charge is 2.33. The van der Waals surface area contributed by atoms with E-state index in [4.69, 9.17) is 30.2 Å². The fraction of sp³-hybridized carbons (Fsp3) is 0.226. The second-order valence-electron chi connectivity index (χ2n) is 9.19. The first-order valence-electron chi connectivity index (χ1n) is 13.2. The summed E-state index contributed by atoms with van der Waals surface area (Å²) in [6.45, 7) is 6.07. The number of carbonyl (C=O) groups is 2. The van der Waals surface area contributed by atoms with Crippen molar-refractivity contribution in [2.24, 2.45) is 4.99 Å². The molecule has 5 rings (SSSR count). The molecule has 0 unspecified atom stereocenters. The largest absolute Gasteiger partial charge is 0.494 e. The Labute approximate surface area is 249 Å². The number of allylic oxidation sites excluding steroid dienone is 1. The Morgan fingerprint density at radius 1 is 1.07 bits per heavy atom. The van der Waals surface area contributed by atoms with Gasteiger partial charge in [0.15, 0.2) is 4.80 Å². The Morgan fingerprint density at radius 2 is 1.83 bits per heavy atom. The van der Waals surface area contributed by atoms with Crippen LogP contribution in [0, 0.1) is 0 Å². The lowest BCUT2D eigenvalue weighted by Crippen LogP contribution is -2.39. The van der Waals surface area contributed by atoms with Gasteiger partial charge in [-0.1, -0.05) is 41.1 Å². The Kier molecular flexibility index (Phi) is 8.46. The van der Waals surface area contributed by atoms with Crippen LogP contribution in [-0.4, -0.2) is 36.8 Å². The van der Waals surface area contributed by atoms with Crippen LogP contribution in [0.3, 0.4) is 0 Å². The highest BCUT2D eigenvalue weighted by molar-refractivity contribution is 7.07. The molecule has 3 heterocycles. The number of carbonyl (C=O) groups excluding carboxylic acids is 2. The third-order valence-corrected chi connectivity index (χ3v) is 7.88. The minimum absolute atomic E-state index is 0.188. The molecule has 0 saturated heterocycles. The zero-order valence-corrected chi connectivity index (χ0v) is 24.9. The van der Waals surface area contributed by atoms with Crippen LogP contribution < -0.4 is 19.6 Å². The molecule has 0 amide bonds. The number of aromatic nitrogens is 1. The molecule has 11 heteroatoms. The Hall–Kier alpha value is -4.41. The quantitative estimate of drug-likeness (QED) is 0.263. The van der Waals surface area contributed by atoms with E-state index < -0.39 is 18.0 Å². The maximum Gasteiger partial charge on any atom is 0.339 e. The number of furan rings is 1. The predicted molar refractivity (Wildman–Crippen MR) is 159 cm³/mol. The van der Waals surface area contributed by atoms with Gasteiger partial charge in [0.05, 0.1) is 52.8 Å². The summed E-state index contributed by atoms with van der Waals surface area (Å²) < 4.78 is 23.6. The lowest BCUT2D eigenvalue weighted by atomic mass is 9.96. The molecule has 0 spiro atoms. The molecule has 1 atom stereocenters. The van der Waals surface area contributed by atoms with E-state index in [1.165, 1.54) is 23.0 Å². The first kappa shape index (κ1) is 29.1. The smallest absolute Gasteiger partial charge is 0.339 e. The van der Waals surface area contributed by atoms with Crippen molar-refractivity contribution in [3.8, 4) is 17.1 Å². The molecule has 2 aromatic heterocycles. The Morgan fingerprint density at radius 3 is 2.50 bits per heavy atom. The normalized spacial score (nSPS) is 14.8. The molecular weight excluding hydrogens is 580 g/mol. The highest BCUT2D eigenvalue weighted by atomic mass is 35.5. The van der Waals surface area contributed by atoms with E-state index >= 15 is 0 Å². The van der Waals surface area contributed by atoms with E-state index in [-0.39, 0.29) is 22.8 Å². The van der Waals surface area contributed by atoms with Gasteiger partial charge in [0, 0.05) is 11.6 Å². The number of hydrogen-bond acceptors (Lipinski definition) is 9. The zero-order valence-electron chi connectivity index (χ0n) is 23.3. The highest BCUT2D eigenvalue weighted by Crippen LogP contribution is 2.32. The second-order valence-corrected chi connectivity index (χ2v) is 10.6. The van der Waals surface area contributed by atoms with Gasteiger partial charge in [-0.2, -0.15) is 0 Å². The number of benzene rings is 2. The number of halogens is 1. The second kappa shape index (κ2) is 12.2. The van der Waals surface area contributed by atoms with Crippen molar-refractivity contribution in [1.82, 2.24) is 4.57 Å². The van der Waals surface area contributed by atoms with E-state index in [1.54, 1.807) is 62.4 Å². The maximum atomic E-state index is 13.8. The first-order valence-corrected chi connectivity index (χ1v) is 14.4. The number of rotatable bonds is 8. The predicted octanol–water partition coefficient (Wildman–Crippen LogP) is 4.90. The number of thiazole rings is 1. The van der Waals surface area contributed by atoms with E-state index in [1.807, 2.05) is 19.1 Å². The van der Waals surface area contributed by atoms with E-state index in [0.29, 0.717) is 50.0 Å². The van der Waals surface area contributed by atoms with Crippen LogP contribution in [0.1, 0.15) is 48.5 Å². The summed E-state index contributed by atoms with van der Waals surface area (Å²) in [5.41, 5.74) is 2.07. The van der Waals surface area contributed by atoms with Crippen LogP contribution in [0.15, 0.2) is 80.1 Å². The van der Waals surface area contributed by atoms with E-state index in [0.717, 1.165) is 5.56 Å². The van der Waals surface area contributed by atoms with Gasteiger partial charge in [0.1, 0.15) is 17.3 Å². The minimum Gasteiger partial charge on any atom is -0.494 e. The molecule has 0 radical (unpaired) electrons. The monoisotopic (exact) mass is 606 g/mol. The van der Waals surface area contributed by atoms with Gasteiger partial charge < -0.3 is 18.6 Å². The molecular formula is C31H27ClN2O7S. The van der Waals surface area contributed by atoms with Crippen molar-refractivity contribution < 1.29 is 28.2 Å². The number of ether oxygens (including phenoxy) is 3. The minimum atomic E-state index is -0.735. The number of esters is 2. The SMILES string of the molecule is CCOC(=O)C1=C(C)N=c2s/c(=C\c3ccc(-c4ccc(C(=O)OC)c(Cl)c4)o3)c(=O)n2[C@H]1c1ccc(OCC)cc1. The summed E-state index contributed by atoms with van der Waals surface area (Å²) >= 11 is 7.47. The number of fused-ring (bicyclic) bond motifs is 1. The van der Waals surface area contributed by atoms with Crippen LogP contribution in [0.2, 0.25) is 5.02 Å². The van der Waals surface area contributed by atoms with Crippen molar-refractivity contribution in [3.63, 3.8) is 0 Å². The Bertz CT molecular complexity index is 1880. The number of hydrogen-bond donors (Lipinski definition) is 0. The van der Waals surface area contributed by atoms with Crippen molar-refractivity contribution in [2.45, 2.75) is 26.8 Å². The lowest BCUT2D eigenvalue weighted by molar-refractivity contribution is -0.139. The van der Waals surface area contributed by atoms with Gasteiger partial charge in [0.2, 0.25) is 0 Å². The molecule has 2 aromatic carbocycles. The number of methoxy groups -OCH3 is 1. The van der Waals surface area contributed by atoms with Gasteiger partial charge in [0.25, 0.3) is 5.56 Å². The fourth-order valence-electron chi connectivity index (χ4n) is 4.68.